The van der Waals surface area contributed by atoms with Gasteiger partial charge in [0, 0.05) is 6.42 Å². The zero-order valence-electron chi connectivity index (χ0n) is 13.0. The summed E-state index contributed by atoms with van der Waals surface area (Å²) < 4.78 is 22.3. The maximum Gasteiger partial charge on any atom is 0.308 e. The highest BCUT2D eigenvalue weighted by Crippen LogP contribution is 2.37. The first-order chi connectivity index (χ1) is 10.00. The molecular formula is C16H24O5. The highest BCUT2D eigenvalue weighted by atomic mass is 16.7. The Morgan fingerprint density at radius 3 is 2.90 bits per heavy atom. The smallest absolute Gasteiger partial charge is 0.308 e. The summed E-state index contributed by atoms with van der Waals surface area (Å²) in [6.07, 6.45) is 3.92. The zero-order chi connectivity index (χ0) is 15.3. The highest BCUT2D eigenvalue weighted by Gasteiger charge is 2.38. The van der Waals surface area contributed by atoms with Crippen molar-refractivity contribution in [2.24, 2.45) is 0 Å². The van der Waals surface area contributed by atoms with Gasteiger partial charge in [-0.05, 0) is 32.4 Å². The van der Waals surface area contributed by atoms with Crippen LogP contribution in [0.25, 0.3) is 0 Å². The molecule has 2 rings (SSSR count). The van der Waals surface area contributed by atoms with Crippen LogP contribution < -0.4 is 0 Å². The first-order valence-electron chi connectivity index (χ1n) is 7.55. The molecule has 5 heteroatoms. The Labute approximate surface area is 125 Å². The second-order valence-electron chi connectivity index (χ2n) is 5.78. The third kappa shape index (κ3) is 4.86. The summed E-state index contributed by atoms with van der Waals surface area (Å²) in [7, 11) is 0. The van der Waals surface area contributed by atoms with E-state index in [9.17, 15) is 4.79 Å². The summed E-state index contributed by atoms with van der Waals surface area (Å²) in [6.45, 7) is 6.23. The molecule has 0 spiro atoms. The summed E-state index contributed by atoms with van der Waals surface area (Å²) in [4.78, 5) is 11.8. The summed E-state index contributed by atoms with van der Waals surface area (Å²) in [5.74, 6) is -0.204. The Balaban J connectivity index is 1.91. The van der Waals surface area contributed by atoms with E-state index in [0.29, 0.717) is 13.0 Å². The number of hydrogen-bond donors (Lipinski definition) is 0. The van der Waals surface area contributed by atoms with Crippen molar-refractivity contribution >= 4 is 5.97 Å². The van der Waals surface area contributed by atoms with Crippen molar-refractivity contribution in [1.82, 2.24) is 0 Å². The van der Waals surface area contributed by atoms with Crippen LogP contribution in [0.4, 0.5) is 0 Å². The van der Waals surface area contributed by atoms with Gasteiger partial charge >= 0.3 is 5.97 Å². The van der Waals surface area contributed by atoms with Gasteiger partial charge in [-0.1, -0.05) is 13.3 Å². The Bertz CT molecular complexity index is 438. The van der Waals surface area contributed by atoms with Crippen LogP contribution in [0.3, 0.4) is 0 Å². The molecule has 1 aliphatic rings. The Kier molecular flexibility index (Phi) is 5.42. The van der Waals surface area contributed by atoms with E-state index in [0.717, 1.165) is 18.6 Å². The first-order valence-corrected chi connectivity index (χ1v) is 7.55. The molecule has 1 aromatic rings. The molecule has 118 valence electrons. The fourth-order valence-corrected chi connectivity index (χ4v) is 2.46. The monoisotopic (exact) mass is 296 g/mol. The second kappa shape index (κ2) is 7.09. The predicted octanol–water partition coefficient (Wildman–Crippen LogP) is 3.60. The zero-order valence-corrected chi connectivity index (χ0v) is 13.0. The van der Waals surface area contributed by atoms with Crippen LogP contribution in [0.1, 0.15) is 58.3 Å². The van der Waals surface area contributed by atoms with Crippen LogP contribution in [-0.2, 0) is 19.0 Å². The summed E-state index contributed by atoms with van der Waals surface area (Å²) >= 11 is 0. The van der Waals surface area contributed by atoms with Gasteiger partial charge in [-0.15, -0.1) is 0 Å². The van der Waals surface area contributed by atoms with Gasteiger partial charge in [0.1, 0.15) is 11.9 Å². The summed E-state index contributed by atoms with van der Waals surface area (Å²) in [5.41, 5.74) is 0. The number of furan rings is 1. The molecule has 0 N–H and O–H groups in total. The maximum atomic E-state index is 11.8. The lowest BCUT2D eigenvalue weighted by atomic mass is 10.0. The third-order valence-electron chi connectivity index (χ3n) is 3.37. The molecular weight excluding hydrogens is 272 g/mol. The van der Waals surface area contributed by atoms with Gasteiger partial charge in [-0.2, -0.15) is 0 Å². The van der Waals surface area contributed by atoms with Gasteiger partial charge in [-0.25, -0.2) is 0 Å². The van der Waals surface area contributed by atoms with Crippen LogP contribution >= 0.6 is 0 Å². The molecule has 5 nitrogen and oxygen atoms in total. The van der Waals surface area contributed by atoms with Gasteiger partial charge in [-0.3, -0.25) is 4.79 Å². The fraction of sp³-hybridized carbons (Fsp3) is 0.688. The van der Waals surface area contributed by atoms with Gasteiger partial charge in [0.2, 0.25) is 0 Å². The molecule has 1 saturated heterocycles. The molecule has 0 saturated carbocycles. The average Bonchev–Trinajstić information content (AvgIpc) is 2.90. The number of carbonyl (C=O) groups is 1. The maximum absolute atomic E-state index is 11.8. The van der Waals surface area contributed by atoms with Crippen LogP contribution in [0.15, 0.2) is 22.8 Å². The van der Waals surface area contributed by atoms with E-state index in [2.05, 4.69) is 6.92 Å². The summed E-state index contributed by atoms with van der Waals surface area (Å²) in [6, 6.07) is 3.71. The molecule has 1 fully saturated rings. The van der Waals surface area contributed by atoms with Crippen molar-refractivity contribution in [2.75, 3.05) is 6.61 Å². The molecule has 21 heavy (non-hydrogen) atoms. The molecule has 2 heterocycles. The van der Waals surface area contributed by atoms with Crippen molar-refractivity contribution in [2.45, 2.75) is 64.4 Å². The molecule has 0 unspecified atom stereocenters. The fourth-order valence-electron chi connectivity index (χ4n) is 2.46. The van der Waals surface area contributed by atoms with Gasteiger partial charge < -0.3 is 18.6 Å². The van der Waals surface area contributed by atoms with E-state index in [1.165, 1.54) is 0 Å². The normalized spacial score (nSPS) is 24.7. The largest absolute Gasteiger partial charge is 0.467 e. The second-order valence-corrected chi connectivity index (χ2v) is 5.78. The number of ether oxygens (including phenoxy) is 3. The predicted molar refractivity (Wildman–Crippen MR) is 76.6 cm³/mol. The SMILES string of the molecule is CCCCOC(=O)C[C@H]1C[C@@H](c2ccco2)OC(C)(C)O1. The number of esters is 1. The molecule has 0 aliphatic carbocycles. The van der Waals surface area contributed by atoms with Gasteiger partial charge in [0.25, 0.3) is 0 Å². The molecule has 0 bridgehead atoms. The van der Waals surface area contributed by atoms with Crippen molar-refractivity contribution in [1.29, 1.82) is 0 Å². The first kappa shape index (κ1) is 16.0. The van der Waals surface area contributed by atoms with Crippen LogP contribution in [-0.4, -0.2) is 24.5 Å². The van der Waals surface area contributed by atoms with Crippen molar-refractivity contribution in [3.63, 3.8) is 0 Å². The van der Waals surface area contributed by atoms with E-state index in [-0.39, 0.29) is 24.6 Å². The third-order valence-corrected chi connectivity index (χ3v) is 3.37. The molecule has 0 amide bonds. The van der Waals surface area contributed by atoms with Crippen LogP contribution in [0.2, 0.25) is 0 Å². The Hall–Kier alpha value is -1.33. The molecule has 0 radical (unpaired) electrons. The topological polar surface area (TPSA) is 57.9 Å². The quantitative estimate of drug-likeness (QED) is 0.593. The van der Waals surface area contributed by atoms with E-state index < -0.39 is 5.79 Å². The molecule has 1 aromatic heterocycles. The van der Waals surface area contributed by atoms with E-state index >= 15 is 0 Å². The van der Waals surface area contributed by atoms with Crippen molar-refractivity contribution < 1.29 is 23.4 Å². The van der Waals surface area contributed by atoms with Crippen LogP contribution in [0.5, 0.6) is 0 Å². The standard InChI is InChI=1S/C16H24O5/c1-4-5-8-19-15(17)11-12-10-14(13-7-6-9-18-13)21-16(2,3)20-12/h6-7,9,12,14H,4-5,8,10-11H2,1-3H3/t12-,14+/m1/s1. The lowest BCUT2D eigenvalue weighted by Gasteiger charge is -2.39. The van der Waals surface area contributed by atoms with Crippen LogP contribution in [0, 0.1) is 0 Å². The number of carbonyl (C=O) groups excluding carboxylic acids is 1. The van der Waals surface area contributed by atoms with E-state index in [1.807, 2.05) is 26.0 Å². The number of rotatable bonds is 6. The van der Waals surface area contributed by atoms with Gasteiger partial charge in [0.05, 0.1) is 25.4 Å². The molecule has 1 aliphatic heterocycles. The van der Waals surface area contributed by atoms with E-state index in [4.69, 9.17) is 18.6 Å². The number of hydrogen-bond acceptors (Lipinski definition) is 5. The van der Waals surface area contributed by atoms with Crippen molar-refractivity contribution in [3.05, 3.63) is 24.2 Å². The van der Waals surface area contributed by atoms with Crippen molar-refractivity contribution in [3.8, 4) is 0 Å². The lowest BCUT2D eigenvalue weighted by molar-refractivity contribution is -0.305. The highest BCUT2D eigenvalue weighted by molar-refractivity contribution is 5.70. The summed E-state index contributed by atoms with van der Waals surface area (Å²) in [5, 5.41) is 0. The Morgan fingerprint density at radius 1 is 1.43 bits per heavy atom. The molecule has 0 aromatic carbocycles. The Morgan fingerprint density at radius 2 is 2.24 bits per heavy atom. The number of unbranched alkanes of at least 4 members (excludes halogenated alkanes) is 1. The average molecular weight is 296 g/mol. The minimum absolute atomic E-state index is 0.197. The minimum Gasteiger partial charge on any atom is -0.467 e. The minimum atomic E-state index is -0.746. The molecule has 2 atom stereocenters. The lowest BCUT2D eigenvalue weighted by Crippen LogP contribution is -2.42. The van der Waals surface area contributed by atoms with E-state index in [1.54, 1.807) is 6.26 Å². The van der Waals surface area contributed by atoms with Gasteiger partial charge in [0.15, 0.2) is 5.79 Å².